The highest BCUT2D eigenvalue weighted by Crippen LogP contribution is 2.33. The molecule has 110 valence electrons. The van der Waals surface area contributed by atoms with Gasteiger partial charge in [-0.3, -0.25) is 0 Å². The molecule has 3 rings (SSSR count). The van der Waals surface area contributed by atoms with E-state index in [-0.39, 0.29) is 17.7 Å². The second kappa shape index (κ2) is 5.58. The Bertz CT molecular complexity index is 488. The van der Waals surface area contributed by atoms with Crippen LogP contribution in [-0.4, -0.2) is 36.6 Å². The van der Waals surface area contributed by atoms with Gasteiger partial charge in [0.1, 0.15) is 5.60 Å². The normalized spacial score (nSPS) is 25.4. The number of ether oxygens (including phenoxy) is 2. The van der Waals surface area contributed by atoms with E-state index in [2.05, 4.69) is 20.9 Å². The second-order valence-electron chi connectivity index (χ2n) is 5.68. The van der Waals surface area contributed by atoms with E-state index in [1.807, 2.05) is 11.8 Å². The fourth-order valence-corrected chi connectivity index (χ4v) is 3.05. The molecule has 0 spiro atoms. The summed E-state index contributed by atoms with van der Waals surface area (Å²) in [6.45, 7) is 4.09. The van der Waals surface area contributed by atoms with E-state index >= 15 is 0 Å². The molecule has 0 amide bonds. The molecule has 2 aliphatic rings. The maximum atomic E-state index is 13.8. The highest BCUT2D eigenvalue weighted by atomic mass is 79.9. The lowest BCUT2D eigenvalue weighted by Gasteiger charge is -2.49. The minimum Gasteiger partial charge on any atom is -0.353 e. The summed E-state index contributed by atoms with van der Waals surface area (Å²) in [4.78, 5) is 6.02. The minimum atomic E-state index is -0.310. The molecule has 1 atom stereocenters. The zero-order chi connectivity index (χ0) is 14.2. The molecular formula is C14H18BrFN2O2. The molecule has 1 unspecified atom stereocenters. The number of aromatic nitrogens is 1. The number of halogens is 2. The SMILES string of the molecule is CC1(OC2CCCCO2)CN(c2ncc(Br)cc2F)C1. The molecule has 0 saturated carbocycles. The minimum absolute atomic E-state index is 0.112. The van der Waals surface area contributed by atoms with Crippen molar-refractivity contribution in [3.8, 4) is 0 Å². The molecule has 0 aromatic carbocycles. The van der Waals surface area contributed by atoms with Crippen LogP contribution >= 0.6 is 15.9 Å². The van der Waals surface area contributed by atoms with E-state index in [0.717, 1.165) is 25.9 Å². The van der Waals surface area contributed by atoms with Crippen molar-refractivity contribution in [3.63, 3.8) is 0 Å². The molecule has 0 aliphatic carbocycles. The fourth-order valence-electron chi connectivity index (χ4n) is 2.75. The Labute approximate surface area is 126 Å². The lowest BCUT2D eigenvalue weighted by Crippen LogP contribution is -2.63. The van der Waals surface area contributed by atoms with Crippen LogP contribution in [-0.2, 0) is 9.47 Å². The summed E-state index contributed by atoms with van der Waals surface area (Å²) in [5.74, 6) is 0.0779. The van der Waals surface area contributed by atoms with Gasteiger partial charge in [0.25, 0.3) is 0 Å². The van der Waals surface area contributed by atoms with Crippen molar-refractivity contribution in [3.05, 3.63) is 22.6 Å². The summed E-state index contributed by atoms with van der Waals surface area (Å²) in [6.07, 6.45) is 4.70. The topological polar surface area (TPSA) is 34.6 Å². The van der Waals surface area contributed by atoms with E-state index in [0.29, 0.717) is 23.4 Å². The maximum Gasteiger partial charge on any atom is 0.166 e. The van der Waals surface area contributed by atoms with Gasteiger partial charge in [-0.2, -0.15) is 0 Å². The van der Waals surface area contributed by atoms with Crippen molar-refractivity contribution in [1.82, 2.24) is 4.98 Å². The number of rotatable bonds is 3. The summed E-state index contributed by atoms with van der Waals surface area (Å²) in [5, 5.41) is 0. The van der Waals surface area contributed by atoms with E-state index < -0.39 is 0 Å². The number of anilines is 1. The van der Waals surface area contributed by atoms with Gasteiger partial charge < -0.3 is 14.4 Å². The van der Waals surface area contributed by atoms with Crippen LogP contribution in [0.4, 0.5) is 10.2 Å². The maximum absolute atomic E-state index is 13.8. The van der Waals surface area contributed by atoms with E-state index in [9.17, 15) is 4.39 Å². The summed E-state index contributed by atoms with van der Waals surface area (Å²) in [6, 6.07) is 1.43. The van der Waals surface area contributed by atoms with Crippen molar-refractivity contribution in [2.45, 2.75) is 38.1 Å². The van der Waals surface area contributed by atoms with Crippen molar-refractivity contribution >= 4 is 21.7 Å². The average Bonchev–Trinajstić information content (AvgIpc) is 2.37. The predicted octanol–water partition coefficient (Wildman–Crippen LogP) is 3.11. The average molecular weight is 345 g/mol. The molecule has 1 aromatic heterocycles. The molecule has 2 fully saturated rings. The van der Waals surface area contributed by atoms with Gasteiger partial charge in [0, 0.05) is 17.3 Å². The molecule has 0 N–H and O–H groups in total. The molecule has 2 saturated heterocycles. The Kier molecular flexibility index (Phi) is 3.97. The first-order valence-electron chi connectivity index (χ1n) is 6.91. The summed E-state index contributed by atoms with van der Waals surface area (Å²) >= 11 is 3.21. The molecule has 20 heavy (non-hydrogen) atoms. The molecule has 6 heteroatoms. The van der Waals surface area contributed by atoms with Gasteiger partial charge in [-0.1, -0.05) is 0 Å². The second-order valence-corrected chi connectivity index (χ2v) is 6.59. The van der Waals surface area contributed by atoms with Gasteiger partial charge in [0.05, 0.1) is 13.1 Å². The zero-order valence-corrected chi connectivity index (χ0v) is 13.0. The predicted molar refractivity (Wildman–Crippen MR) is 77.2 cm³/mol. The monoisotopic (exact) mass is 344 g/mol. The van der Waals surface area contributed by atoms with Crippen molar-refractivity contribution in [2.75, 3.05) is 24.6 Å². The van der Waals surface area contributed by atoms with Gasteiger partial charge >= 0.3 is 0 Å². The summed E-state index contributed by atoms with van der Waals surface area (Å²) in [5.41, 5.74) is -0.275. The van der Waals surface area contributed by atoms with Gasteiger partial charge in [0.2, 0.25) is 0 Å². The van der Waals surface area contributed by atoms with Crippen LogP contribution in [0.1, 0.15) is 26.2 Å². The van der Waals surface area contributed by atoms with E-state index in [1.165, 1.54) is 6.07 Å². The summed E-state index contributed by atoms with van der Waals surface area (Å²) < 4.78 is 26.1. The van der Waals surface area contributed by atoms with Crippen molar-refractivity contribution in [2.24, 2.45) is 0 Å². The van der Waals surface area contributed by atoms with Crippen LogP contribution in [0.3, 0.4) is 0 Å². The van der Waals surface area contributed by atoms with Crippen molar-refractivity contribution < 1.29 is 13.9 Å². The van der Waals surface area contributed by atoms with Gasteiger partial charge in [-0.05, 0) is 48.2 Å². The summed E-state index contributed by atoms with van der Waals surface area (Å²) in [7, 11) is 0. The van der Waals surface area contributed by atoms with Crippen LogP contribution in [0, 0.1) is 5.82 Å². The zero-order valence-electron chi connectivity index (χ0n) is 11.4. The first-order chi connectivity index (χ1) is 9.56. The van der Waals surface area contributed by atoms with Crippen molar-refractivity contribution in [1.29, 1.82) is 0 Å². The van der Waals surface area contributed by atoms with Crippen LogP contribution in [0.5, 0.6) is 0 Å². The fraction of sp³-hybridized carbons (Fsp3) is 0.643. The third-order valence-electron chi connectivity index (χ3n) is 3.69. The third kappa shape index (κ3) is 2.97. The van der Waals surface area contributed by atoms with Crippen LogP contribution in [0.25, 0.3) is 0 Å². The molecule has 2 aliphatic heterocycles. The number of pyridine rings is 1. The van der Waals surface area contributed by atoms with Gasteiger partial charge in [-0.25, -0.2) is 9.37 Å². The lowest BCUT2D eigenvalue weighted by molar-refractivity contribution is -0.226. The highest BCUT2D eigenvalue weighted by molar-refractivity contribution is 9.10. The van der Waals surface area contributed by atoms with E-state index in [4.69, 9.17) is 9.47 Å². The van der Waals surface area contributed by atoms with Crippen LogP contribution in [0.2, 0.25) is 0 Å². The molecular weight excluding hydrogens is 327 g/mol. The Hall–Kier alpha value is -0.720. The smallest absolute Gasteiger partial charge is 0.166 e. The standard InChI is InChI=1S/C14H18BrFN2O2/c1-14(20-12-4-2-3-5-19-12)8-18(9-14)13-11(16)6-10(15)7-17-13/h6-7,12H,2-5,8-9H2,1H3. The van der Waals surface area contributed by atoms with Gasteiger partial charge in [0.15, 0.2) is 17.9 Å². The Morgan fingerprint density at radius 1 is 1.50 bits per heavy atom. The van der Waals surface area contributed by atoms with E-state index in [1.54, 1.807) is 6.20 Å². The van der Waals surface area contributed by atoms with Crippen LogP contribution < -0.4 is 4.90 Å². The number of hydrogen-bond acceptors (Lipinski definition) is 4. The molecule has 3 heterocycles. The third-order valence-corrected chi connectivity index (χ3v) is 4.13. The first-order valence-corrected chi connectivity index (χ1v) is 7.70. The molecule has 0 bridgehead atoms. The highest BCUT2D eigenvalue weighted by Gasteiger charge is 2.43. The number of hydrogen-bond donors (Lipinski definition) is 0. The lowest BCUT2D eigenvalue weighted by atomic mass is 9.96. The Balaban J connectivity index is 1.59. The Morgan fingerprint density at radius 3 is 2.95 bits per heavy atom. The molecule has 1 aromatic rings. The molecule has 0 radical (unpaired) electrons. The quantitative estimate of drug-likeness (QED) is 0.843. The Morgan fingerprint density at radius 2 is 2.30 bits per heavy atom. The first kappa shape index (κ1) is 14.2. The molecule has 4 nitrogen and oxygen atoms in total. The largest absolute Gasteiger partial charge is 0.353 e. The number of nitrogens with zero attached hydrogens (tertiary/aromatic N) is 2. The van der Waals surface area contributed by atoms with Gasteiger partial charge in [-0.15, -0.1) is 0 Å². The van der Waals surface area contributed by atoms with Crippen LogP contribution in [0.15, 0.2) is 16.7 Å².